The number of amides is 2. The molecule has 0 aromatic heterocycles. The van der Waals surface area contributed by atoms with Crippen LogP contribution in [0.3, 0.4) is 0 Å². The van der Waals surface area contributed by atoms with Crippen LogP contribution in [0, 0.1) is 0 Å². The molecule has 1 aliphatic carbocycles. The molecule has 26 heavy (non-hydrogen) atoms. The first-order valence-corrected chi connectivity index (χ1v) is 9.51. The van der Waals surface area contributed by atoms with Gasteiger partial charge in [-0.15, -0.1) is 0 Å². The number of carbonyl (C=O) groups excluding carboxylic acids is 2. The van der Waals surface area contributed by atoms with E-state index in [0.29, 0.717) is 13.1 Å². The molecule has 6 nitrogen and oxygen atoms in total. The number of aliphatic hydroxyl groups excluding tert-OH is 1. The van der Waals surface area contributed by atoms with Crippen LogP contribution in [0.25, 0.3) is 0 Å². The van der Waals surface area contributed by atoms with Crippen molar-refractivity contribution in [2.45, 2.75) is 51.2 Å². The van der Waals surface area contributed by atoms with Crippen LogP contribution in [0.1, 0.15) is 31.4 Å². The van der Waals surface area contributed by atoms with Crippen LogP contribution in [0.5, 0.6) is 0 Å². The number of rotatable bonds is 6. The van der Waals surface area contributed by atoms with E-state index in [9.17, 15) is 14.7 Å². The van der Waals surface area contributed by atoms with E-state index in [1.54, 1.807) is 4.90 Å². The molecule has 1 atom stereocenters. The van der Waals surface area contributed by atoms with E-state index in [0.717, 1.165) is 19.4 Å². The Bertz CT molecular complexity index is 636. The summed E-state index contributed by atoms with van der Waals surface area (Å²) in [6.45, 7) is 5.49. The van der Waals surface area contributed by atoms with Crippen LogP contribution in [0.4, 0.5) is 0 Å². The lowest BCUT2D eigenvalue weighted by Crippen LogP contribution is -2.60. The number of fused-ring (bicyclic) bond motifs is 1. The molecular formula is C20H29N3O3. The van der Waals surface area contributed by atoms with Crippen molar-refractivity contribution in [3.63, 3.8) is 0 Å². The van der Waals surface area contributed by atoms with Crippen LogP contribution in [0.2, 0.25) is 0 Å². The van der Waals surface area contributed by atoms with E-state index in [4.69, 9.17) is 0 Å². The highest BCUT2D eigenvalue weighted by molar-refractivity contribution is 5.89. The van der Waals surface area contributed by atoms with Gasteiger partial charge in [-0.1, -0.05) is 24.3 Å². The minimum absolute atomic E-state index is 0.00508. The third-order valence-electron chi connectivity index (χ3n) is 5.52. The summed E-state index contributed by atoms with van der Waals surface area (Å²) in [5, 5.41) is 12.1. The molecule has 0 bridgehead atoms. The molecule has 1 aliphatic heterocycles. The molecule has 3 rings (SSSR count). The van der Waals surface area contributed by atoms with E-state index < -0.39 is 6.04 Å². The van der Waals surface area contributed by atoms with Gasteiger partial charge in [-0.2, -0.15) is 0 Å². The lowest BCUT2D eigenvalue weighted by Gasteiger charge is -2.40. The van der Waals surface area contributed by atoms with Gasteiger partial charge < -0.3 is 15.3 Å². The molecular weight excluding hydrogens is 330 g/mol. The Hall–Kier alpha value is -1.92. The lowest BCUT2D eigenvalue weighted by atomic mass is 10.0. The minimum Gasteiger partial charge on any atom is -0.395 e. The normalized spacial score (nSPS) is 20.9. The second-order valence-electron chi connectivity index (χ2n) is 7.48. The Morgan fingerprint density at radius 3 is 2.54 bits per heavy atom. The van der Waals surface area contributed by atoms with Crippen LogP contribution in [-0.4, -0.2) is 71.1 Å². The second-order valence-corrected chi connectivity index (χ2v) is 7.48. The molecule has 1 heterocycles. The highest BCUT2D eigenvalue weighted by Crippen LogP contribution is 2.28. The second kappa shape index (κ2) is 8.18. The molecule has 2 N–H and O–H groups in total. The van der Waals surface area contributed by atoms with E-state index >= 15 is 0 Å². The van der Waals surface area contributed by atoms with Crippen LogP contribution < -0.4 is 5.32 Å². The average molecular weight is 359 g/mol. The van der Waals surface area contributed by atoms with Gasteiger partial charge in [0.2, 0.25) is 11.8 Å². The summed E-state index contributed by atoms with van der Waals surface area (Å²) in [4.78, 5) is 29.2. The standard InChI is InChI=1S/C20H29N3O3/c1-14(2)22(9-10-24)19(25)13-18-20(26)21-7-8-23(18)17-11-15-5-3-4-6-16(15)12-17/h3-6,14,17-18,24H,7-13H2,1-2H3,(H,21,26). The van der Waals surface area contributed by atoms with E-state index in [1.807, 2.05) is 13.8 Å². The number of nitrogens with one attached hydrogen (secondary N) is 1. The molecule has 2 amide bonds. The predicted octanol–water partition coefficient (Wildman–Crippen LogP) is 0.574. The Kier molecular flexibility index (Phi) is 5.94. The summed E-state index contributed by atoms with van der Waals surface area (Å²) in [5.41, 5.74) is 2.69. The molecule has 0 radical (unpaired) electrons. The SMILES string of the molecule is CC(C)N(CCO)C(=O)CC1C(=O)NCCN1C1Cc2ccccc2C1. The predicted molar refractivity (Wildman–Crippen MR) is 99.7 cm³/mol. The number of piperazine rings is 1. The van der Waals surface area contributed by atoms with Gasteiger partial charge in [0, 0.05) is 31.7 Å². The number of benzene rings is 1. The summed E-state index contributed by atoms with van der Waals surface area (Å²) >= 11 is 0. The maximum Gasteiger partial charge on any atom is 0.237 e. The molecule has 0 spiro atoms. The van der Waals surface area contributed by atoms with Gasteiger partial charge in [-0.25, -0.2) is 0 Å². The summed E-state index contributed by atoms with van der Waals surface area (Å²) in [6.07, 6.45) is 2.02. The molecule has 142 valence electrons. The van der Waals surface area contributed by atoms with Crippen molar-refractivity contribution in [1.82, 2.24) is 15.1 Å². The molecule has 1 aromatic rings. The third-order valence-corrected chi connectivity index (χ3v) is 5.52. The molecule has 2 aliphatic rings. The maximum atomic E-state index is 12.8. The number of nitrogens with zero attached hydrogens (tertiary/aromatic N) is 2. The van der Waals surface area contributed by atoms with Crippen molar-refractivity contribution in [2.75, 3.05) is 26.2 Å². The number of hydrogen-bond acceptors (Lipinski definition) is 4. The maximum absolute atomic E-state index is 12.8. The summed E-state index contributed by atoms with van der Waals surface area (Å²) < 4.78 is 0. The first-order chi connectivity index (χ1) is 12.5. The van der Waals surface area contributed by atoms with Crippen LogP contribution >= 0.6 is 0 Å². The van der Waals surface area contributed by atoms with E-state index in [-0.39, 0.29) is 36.9 Å². The molecule has 1 saturated heterocycles. The fraction of sp³-hybridized carbons (Fsp3) is 0.600. The summed E-state index contributed by atoms with van der Waals surface area (Å²) in [7, 11) is 0. The van der Waals surface area contributed by atoms with Crippen molar-refractivity contribution in [3.8, 4) is 0 Å². The quantitative estimate of drug-likeness (QED) is 0.779. The molecule has 1 unspecified atom stereocenters. The van der Waals surface area contributed by atoms with Crippen molar-refractivity contribution >= 4 is 11.8 Å². The Morgan fingerprint density at radius 2 is 1.96 bits per heavy atom. The lowest BCUT2D eigenvalue weighted by molar-refractivity contribution is -0.141. The fourth-order valence-corrected chi connectivity index (χ4v) is 4.21. The zero-order chi connectivity index (χ0) is 18.7. The molecule has 6 heteroatoms. The van der Waals surface area contributed by atoms with Crippen LogP contribution in [0.15, 0.2) is 24.3 Å². The van der Waals surface area contributed by atoms with Gasteiger partial charge in [0.15, 0.2) is 0 Å². The minimum atomic E-state index is -0.435. The number of carbonyl (C=O) groups is 2. The fourth-order valence-electron chi connectivity index (χ4n) is 4.21. The van der Waals surface area contributed by atoms with Crippen molar-refractivity contribution in [2.24, 2.45) is 0 Å². The van der Waals surface area contributed by atoms with Crippen molar-refractivity contribution < 1.29 is 14.7 Å². The molecule has 1 fully saturated rings. The van der Waals surface area contributed by atoms with Gasteiger partial charge in [-0.3, -0.25) is 14.5 Å². The van der Waals surface area contributed by atoms with E-state index in [1.165, 1.54) is 11.1 Å². The summed E-state index contributed by atoms with van der Waals surface area (Å²) in [5.74, 6) is -0.134. The number of aliphatic hydroxyl groups is 1. The molecule has 1 aromatic carbocycles. The van der Waals surface area contributed by atoms with Crippen molar-refractivity contribution in [1.29, 1.82) is 0 Å². The first kappa shape index (κ1) is 18.9. The van der Waals surface area contributed by atoms with Gasteiger partial charge in [0.1, 0.15) is 0 Å². The van der Waals surface area contributed by atoms with Gasteiger partial charge >= 0.3 is 0 Å². The van der Waals surface area contributed by atoms with Crippen molar-refractivity contribution in [3.05, 3.63) is 35.4 Å². The van der Waals surface area contributed by atoms with Gasteiger partial charge in [0.05, 0.1) is 19.1 Å². The zero-order valence-electron chi connectivity index (χ0n) is 15.6. The van der Waals surface area contributed by atoms with Crippen LogP contribution in [-0.2, 0) is 22.4 Å². The summed E-state index contributed by atoms with van der Waals surface area (Å²) in [6, 6.07) is 8.26. The van der Waals surface area contributed by atoms with E-state index in [2.05, 4.69) is 34.5 Å². The topological polar surface area (TPSA) is 72.9 Å². The smallest absolute Gasteiger partial charge is 0.237 e. The Labute approximate surface area is 155 Å². The number of hydrogen-bond donors (Lipinski definition) is 2. The Morgan fingerprint density at radius 1 is 1.31 bits per heavy atom. The molecule has 0 saturated carbocycles. The first-order valence-electron chi connectivity index (χ1n) is 9.51. The zero-order valence-corrected chi connectivity index (χ0v) is 15.6. The Balaban J connectivity index is 1.73. The largest absolute Gasteiger partial charge is 0.395 e. The van der Waals surface area contributed by atoms with Gasteiger partial charge in [-0.05, 0) is 37.8 Å². The monoisotopic (exact) mass is 359 g/mol. The average Bonchev–Trinajstić information content (AvgIpc) is 3.04. The van der Waals surface area contributed by atoms with Gasteiger partial charge in [0.25, 0.3) is 0 Å². The highest BCUT2D eigenvalue weighted by atomic mass is 16.3. The third kappa shape index (κ3) is 3.91. The highest BCUT2D eigenvalue weighted by Gasteiger charge is 2.38.